The van der Waals surface area contributed by atoms with Crippen molar-refractivity contribution in [2.24, 2.45) is 0 Å². The highest BCUT2D eigenvalue weighted by Crippen LogP contribution is 2.30. The molecule has 4 rings (SSSR count). The van der Waals surface area contributed by atoms with Gasteiger partial charge in [-0.25, -0.2) is 4.79 Å². The Labute approximate surface area is 271 Å². The molecule has 8 heteroatoms. The van der Waals surface area contributed by atoms with Crippen molar-refractivity contribution in [2.75, 3.05) is 25.6 Å². The number of carboxylic acid groups (broad SMARTS) is 1. The van der Waals surface area contributed by atoms with E-state index in [0.29, 0.717) is 25.3 Å². The van der Waals surface area contributed by atoms with Gasteiger partial charge in [-0.15, -0.1) is 11.3 Å². The van der Waals surface area contributed by atoms with Crippen LogP contribution in [0, 0.1) is 6.92 Å². The van der Waals surface area contributed by atoms with Gasteiger partial charge in [-0.1, -0.05) is 81.4 Å². The Bertz CT molecular complexity index is 1420. The first-order valence-electron chi connectivity index (χ1n) is 15.0. The number of nitrogens with one attached hydrogen (secondary N) is 2. The van der Waals surface area contributed by atoms with E-state index in [2.05, 4.69) is 48.1 Å². The first kappa shape index (κ1) is 36.8. The summed E-state index contributed by atoms with van der Waals surface area (Å²) in [6, 6.07) is 26.9. The molecule has 6 nitrogen and oxygen atoms in total. The fourth-order valence-corrected chi connectivity index (χ4v) is 5.19. The summed E-state index contributed by atoms with van der Waals surface area (Å²) in [4.78, 5) is 27.3. The van der Waals surface area contributed by atoms with Gasteiger partial charge in [-0.2, -0.15) is 11.8 Å². The molecular weight excluding hydrogens is 589 g/mol. The molecule has 0 fully saturated rings. The average molecular weight is 635 g/mol. The molecule has 0 spiro atoms. The van der Waals surface area contributed by atoms with E-state index in [1.807, 2.05) is 87.1 Å². The van der Waals surface area contributed by atoms with Gasteiger partial charge in [-0.05, 0) is 91.0 Å². The van der Waals surface area contributed by atoms with Crippen molar-refractivity contribution in [3.63, 3.8) is 0 Å². The Morgan fingerprint density at radius 3 is 2.25 bits per heavy atom. The van der Waals surface area contributed by atoms with Crippen molar-refractivity contribution >= 4 is 35.0 Å². The molecule has 1 amide bonds. The number of aryl methyl sites for hydroxylation is 1. The topological polar surface area (TPSA) is 87.7 Å². The van der Waals surface area contributed by atoms with E-state index in [0.717, 1.165) is 27.1 Å². The second-order valence-corrected chi connectivity index (χ2v) is 12.0. The van der Waals surface area contributed by atoms with Crippen LogP contribution in [0.5, 0.6) is 0 Å². The van der Waals surface area contributed by atoms with Crippen LogP contribution in [0.1, 0.15) is 53.6 Å². The zero-order chi connectivity index (χ0) is 32.3. The molecule has 4 aromatic rings. The van der Waals surface area contributed by atoms with E-state index in [1.165, 1.54) is 16.2 Å². The van der Waals surface area contributed by atoms with E-state index < -0.39 is 17.9 Å². The summed E-state index contributed by atoms with van der Waals surface area (Å²) in [6.07, 6.45) is 2.39. The lowest BCUT2D eigenvalue weighted by atomic mass is 9.93. The number of aliphatic carboxylic acids is 1. The zero-order valence-electron chi connectivity index (χ0n) is 26.7. The molecule has 1 aromatic heterocycles. The summed E-state index contributed by atoms with van der Waals surface area (Å²) in [5, 5.41) is 15.2. The van der Waals surface area contributed by atoms with E-state index >= 15 is 0 Å². The molecule has 1 atom stereocenters. The molecule has 0 saturated heterocycles. The predicted octanol–water partition coefficient (Wildman–Crippen LogP) is 8.30. The fourth-order valence-electron chi connectivity index (χ4n) is 4.24. The first-order chi connectivity index (χ1) is 21.4. The molecular formula is C36H46N2O4S2. The molecule has 3 N–H and O–H groups in total. The standard InChI is InChI=1S/C31H32N2O4S.C3H8S.C2H6/c1-21-8-6-7-11-25(21)27-18-22(12-14-26(27)30(34)33-28(31(35)36)16-17-32-2)19-37-20-24-13-15-29(38-24)23-9-4-3-5-10-23;1-3-4-2;1-2/h3-15,18,28,32H,16-17,19-20H2,1-2H3,(H,33,34)(H,35,36);3H2,1-2H3;1-2H3. The van der Waals surface area contributed by atoms with Crippen LogP contribution in [0.25, 0.3) is 21.6 Å². The third-order valence-corrected chi connectivity index (χ3v) is 8.26. The third kappa shape index (κ3) is 11.6. The van der Waals surface area contributed by atoms with E-state index in [4.69, 9.17) is 4.74 Å². The Morgan fingerprint density at radius 1 is 0.932 bits per heavy atom. The highest BCUT2D eigenvalue weighted by molar-refractivity contribution is 7.98. The third-order valence-electron chi connectivity index (χ3n) is 6.57. The van der Waals surface area contributed by atoms with Crippen molar-refractivity contribution in [1.29, 1.82) is 0 Å². The normalized spacial score (nSPS) is 11.0. The number of carbonyl (C=O) groups is 2. The van der Waals surface area contributed by atoms with Gasteiger partial charge < -0.3 is 20.5 Å². The van der Waals surface area contributed by atoms with Crippen LogP contribution in [-0.2, 0) is 22.7 Å². The Kier molecular flexibility index (Phi) is 17.1. The Morgan fingerprint density at radius 2 is 1.61 bits per heavy atom. The van der Waals surface area contributed by atoms with E-state index in [-0.39, 0.29) is 6.42 Å². The van der Waals surface area contributed by atoms with Crippen molar-refractivity contribution in [3.05, 3.63) is 106 Å². The minimum Gasteiger partial charge on any atom is -0.480 e. The summed E-state index contributed by atoms with van der Waals surface area (Å²) in [7, 11) is 1.75. The van der Waals surface area contributed by atoms with Crippen molar-refractivity contribution in [1.82, 2.24) is 10.6 Å². The van der Waals surface area contributed by atoms with Crippen LogP contribution in [0.3, 0.4) is 0 Å². The van der Waals surface area contributed by atoms with Gasteiger partial charge >= 0.3 is 5.97 Å². The predicted molar refractivity (Wildman–Crippen MR) is 188 cm³/mol. The van der Waals surface area contributed by atoms with Crippen molar-refractivity contribution < 1.29 is 19.4 Å². The smallest absolute Gasteiger partial charge is 0.326 e. The van der Waals surface area contributed by atoms with Crippen molar-refractivity contribution in [2.45, 2.75) is 53.4 Å². The number of hydrogen-bond acceptors (Lipinski definition) is 6. The number of rotatable bonds is 13. The molecule has 1 heterocycles. The largest absolute Gasteiger partial charge is 0.480 e. The van der Waals surface area contributed by atoms with Gasteiger partial charge in [0, 0.05) is 15.3 Å². The summed E-state index contributed by atoms with van der Waals surface area (Å²) >= 11 is 3.57. The van der Waals surface area contributed by atoms with Crippen LogP contribution in [-0.4, -0.2) is 48.6 Å². The number of benzene rings is 3. The Balaban J connectivity index is 0.00000104. The summed E-state index contributed by atoms with van der Waals surface area (Å²) in [6.45, 7) is 9.50. The molecule has 1 unspecified atom stereocenters. The molecule has 0 aliphatic carbocycles. The number of ether oxygens (including phenoxy) is 1. The number of hydrogen-bond donors (Lipinski definition) is 3. The Hall–Kier alpha value is -3.43. The molecule has 0 saturated carbocycles. The molecule has 0 aliphatic rings. The maximum atomic E-state index is 13.2. The van der Waals surface area contributed by atoms with Gasteiger partial charge in [0.1, 0.15) is 6.04 Å². The van der Waals surface area contributed by atoms with E-state index in [1.54, 1.807) is 24.5 Å². The number of amides is 1. The highest BCUT2D eigenvalue weighted by Gasteiger charge is 2.22. The molecule has 0 bridgehead atoms. The molecule has 3 aromatic carbocycles. The summed E-state index contributed by atoms with van der Waals surface area (Å²) < 4.78 is 6.04. The maximum absolute atomic E-state index is 13.2. The number of thiophene rings is 1. The second kappa shape index (κ2) is 20.5. The molecule has 0 aliphatic heterocycles. The lowest BCUT2D eigenvalue weighted by Crippen LogP contribution is -2.42. The van der Waals surface area contributed by atoms with Crippen molar-refractivity contribution in [3.8, 4) is 21.6 Å². The number of thioether (sulfide) groups is 1. The SMILES string of the molecule is CC.CCSC.CNCCC(NC(=O)c1ccc(COCc2ccc(-c3ccccc3)s2)cc1-c1ccccc1C)C(=O)O. The quantitative estimate of drug-likeness (QED) is 0.137. The van der Waals surface area contributed by atoms with Gasteiger partial charge in [0.05, 0.1) is 13.2 Å². The highest BCUT2D eigenvalue weighted by atomic mass is 32.2. The maximum Gasteiger partial charge on any atom is 0.326 e. The second-order valence-electron chi connectivity index (χ2n) is 9.65. The monoisotopic (exact) mass is 634 g/mol. The van der Waals surface area contributed by atoms with Crippen LogP contribution in [0.4, 0.5) is 0 Å². The lowest BCUT2D eigenvalue weighted by molar-refractivity contribution is -0.139. The van der Waals surface area contributed by atoms with Crippen LogP contribution in [0.15, 0.2) is 84.9 Å². The summed E-state index contributed by atoms with van der Waals surface area (Å²) in [5.41, 5.74) is 5.26. The molecule has 0 radical (unpaired) electrons. The van der Waals surface area contributed by atoms with Crippen LogP contribution >= 0.6 is 23.1 Å². The summed E-state index contributed by atoms with van der Waals surface area (Å²) in [5.74, 6) is -0.230. The zero-order valence-corrected chi connectivity index (χ0v) is 28.3. The lowest BCUT2D eigenvalue weighted by Gasteiger charge is -2.18. The first-order valence-corrected chi connectivity index (χ1v) is 17.2. The minimum absolute atomic E-state index is 0.290. The van der Waals surface area contributed by atoms with Crippen LogP contribution < -0.4 is 10.6 Å². The van der Waals surface area contributed by atoms with Gasteiger partial charge in [0.2, 0.25) is 0 Å². The minimum atomic E-state index is -1.06. The molecule has 44 heavy (non-hydrogen) atoms. The molecule has 236 valence electrons. The van der Waals surface area contributed by atoms with Gasteiger partial charge in [0.15, 0.2) is 0 Å². The van der Waals surface area contributed by atoms with E-state index in [9.17, 15) is 14.7 Å². The van der Waals surface area contributed by atoms with Gasteiger partial charge in [0.25, 0.3) is 5.91 Å². The number of carbonyl (C=O) groups excluding carboxylic acids is 1. The van der Waals surface area contributed by atoms with Crippen LogP contribution in [0.2, 0.25) is 0 Å². The average Bonchev–Trinajstić information content (AvgIpc) is 3.53. The van der Waals surface area contributed by atoms with Gasteiger partial charge in [-0.3, -0.25) is 4.79 Å². The fraction of sp³-hybridized carbons (Fsp3) is 0.333. The number of carboxylic acids is 1.